The number of benzene rings is 2. The number of hydrogen-bond donors (Lipinski definition) is 0. The van der Waals surface area contributed by atoms with Crippen LogP contribution in [0, 0.1) is 17.7 Å². The van der Waals surface area contributed by atoms with E-state index in [2.05, 4.69) is 0 Å². The van der Waals surface area contributed by atoms with Crippen LogP contribution in [-0.2, 0) is 28.4 Å². The van der Waals surface area contributed by atoms with Crippen LogP contribution in [0.4, 0.5) is 35.5 Å². The molecule has 2 atom stereocenters. The molecule has 41 heavy (non-hydrogen) atoms. The van der Waals surface area contributed by atoms with Gasteiger partial charge in [0.1, 0.15) is 5.82 Å². The smallest absolute Gasteiger partial charge is 0.416 e. The van der Waals surface area contributed by atoms with E-state index >= 15 is 0 Å². The van der Waals surface area contributed by atoms with E-state index in [1.165, 1.54) is 31.3 Å². The van der Waals surface area contributed by atoms with Crippen LogP contribution in [0.3, 0.4) is 0 Å². The highest BCUT2D eigenvalue weighted by molar-refractivity contribution is 5.77. The third-order valence-electron chi connectivity index (χ3n) is 7.01. The molecule has 0 bridgehead atoms. The summed E-state index contributed by atoms with van der Waals surface area (Å²) in [6, 6.07) is 6.79. The van der Waals surface area contributed by atoms with Crippen LogP contribution in [0.1, 0.15) is 61.3 Å². The summed E-state index contributed by atoms with van der Waals surface area (Å²) in [6.45, 7) is 4.31. The number of ether oxygens (including phenoxy) is 1. The average Bonchev–Trinajstić information content (AvgIpc) is 2.89. The van der Waals surface area contributed by atoms with Crippen LogP contribution in [0.15, 0.2) is 42.5 Å². The van der Waals surface area contributed by atoms with Gasteiger partial charge in [-0.25, -0.2) is 9.18 Å². The van der Waals surface area contributed by atoms with Gasteiger partial charge in [-0.15, -0.1) is 0 Å². The molecule has 0 aliphatic carbocycles. The van der Waals surface area contributed by atoms with Gasteiger partial charge in [-0.3, -0.25) is 4.79 Å². The van der Waals surface area contributed by atoms with Crippen LogP contribution < -0.4 is 0 Å². The fraction of sp³-hybridized carbons (Fsp3) is 0.517. The second kappa shape index (κ2) is 13.1. The molecule has 2 unspecified atom stereocenters. The highest BCUT2D eigenvalue weighted by atomic mass is 19.4. The third-order valence-corrected chi connectivity index (χ3v) is 7.01. The van der Waals surface area contributed by atoms with E-state index in [0.29, 0.717) is 37.1 Å². The molecule has 2 aromatic rings. The van der Waals surface area contributed by atoms with Gasteiger partial charge in [0.25, 0.3) is 0 Å². The number of halogens is 7. The molecule has 0 radical (unpaired) electrons. The summed E-state index contributed by atoms with van der Waals surface area (Å²) in [6.07, 6.45) is -9.35. The van der Waals surface area contributed by atoms with Gasteiger partial charge in [-0.05, 0) is 72.1 Å². The molecular formula is C29H33F7N2O3. The van der Waals surface area contributed by atoms with Crippen molar-refractivity contribution in [3.63, 3.8) is 0 Å². The Bertz CT molecular complexity index is 1160. The van der Waals surface area contributed by atoms with Gasteiger partial charge in [-0.2, -0.15) is 26.3 Å². The number of rotatable bonds is 8. The summed E-state index contributed by atoms with van der Waals surface area (Å²) < 4.78 is 98.8. The molecule has 3 rings (SSSR count). The van der Waals surface area contributed by atoms with E-state index in [1.54, 1.807) is 4.90 Å². The maximum absolute atomic E-state index is 13.7. The molecule has 1 fully saturated rings. The predicted molar refractivity (Wildman–Crippen MR) is 137 cm³/mol. The first kappa shape index (κ1) is 32.2. The van der Waals surface area contributed by atoms with Crippen molar-refractivity contribution in [2.45, 2.75) is 57.9 Å². The average molecular weight is 591 g/mol. The zero-order valence-electron chi connectivity index (χ0n) is 23.0. The summed E-state index contributed by atoms with van der Waals surface area (Å²) in [5, 5.41) is 0. The van der Waals surface area contributed by atoms with Crippen LogP contribution in [-0.4, -0.2) is 48.5 Å². The number of nitrogens with zero attached hydrogens (tertiary/aromatic N) is 2. The van der Waals surface area contributed by atoms with Crippen LogP contribution in [0.25, 0.3) is 0 Å². The first-order valence-corrected chi connectivity index (χ1v) is 13.2. The molecule has 1 saturated heterocycles. The minimum absolute atomic E-state index is 0.0386. The van der Waals surface area contributed by atoms with Crippen molar-refractivity contribution in [1.82, 2.24) is 9.80 Å². The van der Waals surface area contributed by atoms with Crippen molar-refractivity contribution in [2.24, 2.45) is 11.8 Å². The first-order valence-electron chi connectivity index (χ1n) is 13.2. The monoisotopic (exact) mass is 590 g/mol. The maximum Gasteiger partial charge on any atom is 0.416 e. The molecule has 0 N–H and O–H groups in total. The van der Waals surface area contributed by atoms with Gasteiger partial charge in [0.05, 0.1) is 17.7 Å². The number of likely N-dealkylation sites (tertiary alicyclic amines) is 1. The lowest BCUT2D eigenvalue weighted by Crippen LogP contribution is -2.43. The fourth-order valence-electron chi connectivity index (χ4n) is 4.92. The molecular weight excluding hydrogens is 557 g/mol. The highest BCUT2D eigenvalue weighted by Gasteiger charge is 2.37. The van der Waals surface area contributed by atoms with E-state index in [-0.39, 0.29) is 43.0 Å². The molecule has 0 spiro atoms. The van der Waals surface area contributed by atoms with Crippen molar-refractivity contribution in [3.05, 3.63) is 70.5 Å². The number of piperidine rings is 1. The Labute approximate surface area is 234 Å². The molecule has 1 aliphatic rings. The van der Waals surface area contributed by atoms with Gasteiger partial charge in [0.2, 0.25) is 5.91 Å². The Morgan fingerprint density at radius 2 is 1.59 bits per heavy atom. The normalized spacial score (nSPS) is 17.0. The second-order valence-electron chi connectivity index (χ2n) is 10.8. The van der Waals surface area contributed by atoms with Crippen molar-refractivity contribution < 1.29 is 45.1 Å². The van der Waals surface area contributed by atoms with Gasteiger partial charge < -0.3 is 14.5 Å². The number of alkyl halides is 6. The topological polar surface area (TPSA) is 49.9 Å². The van der Waals surface area contributed by atoms with Crippen molar-refractivity contribution in [1.29, 1.82) is 0 Å². The Kier molecular flexibility index (Phi) is 10.3. The van der Waals surface area contributed by atoms with E-state index in [0.717, 1.165) is 4.90 Å². The molecule has 0 aromatic heterocycles. The van der Waals surface area contributed by atoms with Crippen molar-refractivity contribution in [2.75, 3.05) is 26.7 Å². The van der Waals surface area contributed by atoms with E-state index in [4.69, 9.17) is 4.74 Å². The van der Waals surface area contributed by atoms with Crippen molar-refractivity contribution >= 4 is 12.0 Å². The Balaban J connectivity index is 1.82. The minimum atomic E-state index is -5.00. The molecule has 1 aliphatic heterocycles. The third kappa shape index (κ3) is 9.09. The van der Waals surface area contributed by atoms with E-state index < -0.39 is 53.8 Å². The summed E-state index contributed by atoms with van der Waals surface area (Å²) in [5.41, 5.74) is -2.61. The van der Waals surface area contributed by atoms with Crippen LogP contribution in [0.5, 0.6) is 0 Å². The van der Waals surface area contributed by atoms with E-state index in [1.807, 2.05) is 13.8 Å². The molecule has 226 valence electrons. The number of carbonyl (C=O) groups is 2. The number of hydrogen-bond acceptors (Lipinski definition) is 3. The molecule has 5 nitrogen and oxygen atoms in total. The fourth-order valence-corrected chi connectivity index (χ4v) is 4.92. The lowest BCUT2D eigenvalue weighted by atomic mass is 9.79. The summed E-state index contributed by atoms with van der Waals surface area (Å²) in [7, 11) is 1.30. The standard InChI is InChI=1S/C29H33F7N2O3/c1-18(2)17-41-27(40)38-10-4-5-21(16-38)25(20-6-8-24(30)9-7-20)14-26(39)37(3)15-19-11-22(28(31,32)33)13-23(12-19)29(34,35)36/h6-9,11-13,18,21,25H,4-5,10,14-17H2,1-3H3. The highest BCUT2D eigenvalue weighted by Crippen LogP contribution is 2.38. The summed E-state index contributed by atoms with van der Waals surface area (Å²) >= 11 is 0. The van der Waals surface area contributed by atoms with Gasteiger partial charge >= 0.3 is 18.4 Å². The first-order chi connectivity index (χ1) is 19.0. The van der Waals surface area contributed by atoms with Gasteiger partial charge in [-0.1, -0.05) is 26.0 Å². The minimum Gasteiger partial charge on any atom is -0.449 e. The summed E-state index contributed by atoms with van der Waals surface area (Å²) in [5.74, 6) is -1.57. The Hall–Kier alpha value is -3.31. The van der Waals surface area contributed by atoms with E-state index in [9.17, 15) is 40.3 Å². The van der Waals surface area contributed by atoms with Crippen LogP contribution in [0.2, 0.25) is 0 Å². The molecule has 12 heteroatoms. The quantitative estimate of drug-likeness (QED) is 0.299. The van der Waals surface area contributed by atoms with Gasteiger partial charge in [0.15, 0.2) is 0 Å². The molecule has 2 aromatic carbocycles. The van der Waals surface area contributed by atoms with Crippen molar-refractivity contribution in [3.8, 4) is 0 Å². The largest absolute Gasteiger partial charge is 0.449 e. The predicted octanol–water partition coefficient (Wildman–Crippen LogP) is 7.50. The Morgan fingerprint density at radius 3 is 2.12 bits per heavy atom. The Morgan fingerprint density at radius 1 is 1.00 bits per heavy atom. The van der Waals surface area contributed by atoms with Gasteiger partial charge in [0, 0.05) is 33.1 Å². The number of carbonyl (C=O) groups excluding carboxylic acids is 2. The van der Waals surface area contributed by atoms with Crippen LogP contribution >= 0.6 is 0 Å². The molecule has 0 saturated carbocycles. The summed E-state index contributed by atoms with van der Waals surface area (Å²) in [4.78, 5) is 28.5. The zero-order valence-corrected chi connectivity index (χ0v) is 23.0. The second-order valence-corrected chi connectivity index (χ2v) is 10.8. The molecule has 1 heterocycles. The SMILES string of the molecule is CC(C)COC(=O)N1CCCC(C(CC(=O)N(C)Cc2cc(C(F)(F)F)cc(C(F)(F)F)c2)c2ccc(F)cc2)C1. The number of amides is 2. The lowest BCUT2D eigenvalue weighted by molar-refractivity contribution is -0.143. The molecule has 2 amide bonds. The maximum atomic E-state index is 13.7. The zero-order chi connectivity index (χ0) is 30.5. The lowest BCUT2D eigenvalue weighted by Gasteiger charge is -2.37.